The van der Waals surface area contributed by atoms with Gasteiger partial charge < -0.3 is 5.11 Å². The Balaban J connectivity index is 0.000000423. The molecule has 1 nitrogen and oxygen atoms in total. The lowest BCUT2D eigenvalue weighted by molar-refractivity contribution is 0.462. The molecule has 0 saturated carbocycles. The van der Waals surface area contributed by atoms with Gasteiger partial charge in [0.25, 0.3) is 0 Å². The van der Waals surface area contributed by atoms with Crippen molar-refractivity contribution in [1.82, 2.24) is 0 Å². The van der Waals surface area contributed by atoms with Crippen LogP contribution in [0.3, 0.4) is 0 Å². The van der Waals surface area contributed by atoms with E-state index in [9.17, 15) is 5.11 Å². The van der Waals surface area contributed by atoms with E-state index in [4.69, 9.17) is 0 Å². The van der Waals surface area contributed by atoms with Gasteiger partial charge in [0.2, 0.25) is 0 Å². The SMILES string of the molecule is CCC(C)c1ccccc1O.CCCC. The number of phenols is 1. The van der Waals surface area contributed by atoms with Gasteiger partial charge in [-0.25, -0.2) is 0 Å². The molecule has 0 bridgehead atoms. The van der Waals surface area contributed by atoms with E-state index in [0.29, 0.717) is 11.7 Å². The van der Waals surface area contributed by atoms with Gasteiger partial charge >= 0.3 is 0 Å². The van der Waals surface area contributed by atoms with Crippen molar-refractivity contribution in [3.05, 3.63) is 29.8 Å². The highest BCUT2D eigenvalue weighted by Crippen LogP contribution is 2.26. The second kappa shape index (κ2) is 8.34. The fraction of sp³-hybridized carbons (Fsp3) is 0.571. The summed E-state index contributed by atoms with van der Waals surface area (Å²) >= 11 is 0. The highest BCUT2D eigenvalue weighted by Gasteiger charge is 2.05. The first-order valence-corrected chi connectivity index (χ1v) is 5.95. The zero-order valence-corrected chi connectivity index (χ0v) is 10.5. The van der Waals surface area contributed by atoms with Crippen molar-refractivity contribution in [3.63, 3.8) is 0 Å². The van der Waals surface area contributed by atoms with Crippen molar-refractivity contribution >= 4 is 0 Å². The van der Waals surface area contributed by atoms with Gasteiger partial charge in [0.05, 0.1) is 0 Å². The number of phenolic OH excluding ortho intramolecular Hbond substituents is 1. The van der Waals surface area contributed by atoms with Crippen LogP contribution in [0.25, 0.3) is 0 Å². The summed E-state index contributed by atoms with van der Waals surface area (Å²) in [6.45, 7) is 8.60. The van der Waals surface area contributed by atoms with E-state index < -0.39 is 0 Å². The van der Waals surface area contributed by atoms with Crippen molar-refractivity contribution in [2.24, 2.45) is 0 Å². The zero-order valence-electron chi connectivity index (χ0n) is 10.5. The van der Waals surface area contributed by atoms with Crippen LogP contribution in [0, 0.1) is 0 Å². The molecule has 1 aromatic rings. The lowest BCUT2D eigenvalue weighted by atomic mass is 9.98. The molecule has 1 N–H and O–H groups in total. The van der Waals surface area contributed by atoms with Crippen LogP contribution in [-0.2, 0) is 0 Å². The molecule has 0 aliphatic carbocycles. The molecule has 0 saturated heterocycles. The number of hydrogen-bond donors (Lipinski definition) is 1. The summed E-state index contributed by atoms with van der Waals surface area (Å²) in [5, 5.41) is 9.41. The quantitative estimate of drug-likeness (QED) is 0.762. The Bertz CT molecular complexity index is 253. The molecule has 1 atom stereocenters. The largest absolute Gasteiger partial charge is 0.508 e. The van der Waals surface area contributed by atoms with Gasteiger partial charge in [-0.05, 0) is 24.0 Å². The molecular formula is C14H24O. The molecule has 86 valence electrons. The summed E-state index contributed by atoms with van der Waals surface area (Å²) < 4.78 is 0. The molecule has 1 aromatic carbocycles. The van der Waals surface area contributed by atoms with E-state index in [-0.39, 0.29) is 0 Å². The van der Waals surface area contributed by atoms with Crippen LogP contribution in [0.5, 0.6) is 5.75 Å². The van der Waals surface area contributed by atoms with E-state index in [1.54, 1.807) is 6.07 Å². The third-order valence-electron chi connectivity index (χ3n) is 2.58. The molecule has 15 heavy (non-hydrogen) atoms. The van der Waals surface area contributed by atoms with Gasteiger partial charge in [0.15, 0.2) is 0 Å². The Hall–Kier alpha value is -0.980. The van der Waals surface area contributed by atoms with Gasteiger partial charge in [-0.3, -0.25) is 0 Å². The summed E-state index contributed by atoms with van der Waals surface area (Å²) in [6, 6.07) is 7.52. The number of rotatable bonds is 3. The van der Waals surface area contributed by atoms with Crippen molar-refractivity contribution in [2.45, 2.75) is 52.9 Å². The maximum Gasteiger partial charge on any atom is 0.119 e. The molecule has 0 amide bonds. The first-order chi connectivity index (χ1) is 7.17. The lowest BCUT2D eigenvalue weighted by Crippen LogP contribution is -1.90. The second-order valence-electron chi connectivity index (χ2n) is 3.87. The fourth-order valence-corrected chi connectivity index (χ4v) is 1.12. The summed E-state index contributed by atoms with van der Waals surface area (Å²) in [7, 11) is 0. The van der Waals surface area contributed by atoms with E-state index in [0.717, 1.165) is 12.0 Å². The van der Waals surface area contributed by atoms with Gasteiger partial charge in [-0.15, -0.1) is 0 Å². The van der Waals surface area contributed by atoms with Crippen LogP contribution in [0.15, 0.2) is 24.3 Å². The fourth-order valence-electron chi connectivity index (χ4n) is 1.12. The van der Waals surface area contributed by atoms with Crippen LogP contribution >= 0.6 is 0 Å². The maximum atomic E-state index is 9.41. The zero-order chi connectivity index (χ0) is 11.7. The smallest absolute Gasteiger partial charge is 0.119 e. The van der Waals surface area contributed by atoms with Crippen molar-refractivity contribution in [1.29, 1.82) is 0 Å². The third kappa shape index (κ3) is 5.46. The number of hydrogen-bond acceptors (Lipinski definition) is 1. The molecule has 0 spiro atoms. The van der Waals surface area contributed by atoms with E-state index in [2.05, 4.69) is 27.7 Å². The topological polar surface area (TPSA) is 20.2 Å². The van der Waals surface area contributed by atoms with Crippen molar-refractivity contribution < 1.29 is 5.11 Å². The van der Waals surface area contributed by atoms with Crippen molar-refractivity contribution in [2.75, 3.05) is 0 Å². The molecule has 1 heteroatoms. The molecule has 0 aliphatic heterocycles. The second-order valence-corrected chi connectivity index (χ2v) is 3.87. The highest BCUT2D eigenvalue weighted by atomic mass is 16.3. The molecule has 1 unspecified atom stereocenters. The minimum atomic E-state index is 0.418. The summed E-state index contributed by atoms with van der Waals surface area (Å²) in [5.41, 5.74) is 1.05. The number of benzene rings is 1. The molecule has 0 heterocycles. The minimum absolute atomic E-state index is 0.418. The number of unbranched alkanes of at least 4 members (excludes halogenated alkanes) is 1. The Kier molecular flexibility index (Phi) is 7.79. The molecule has 1 rings (SSSR count). The van der Waals surface area contributed by atoms with Crippen molar-refractivity contribution in [3.8, 4) is 5.75 Å². The minimum Gasteiger partial charge on any atom is -0.508 e. The van der Waals surface area contributed by atoms with Gasteiger partial charge in [0, 0.05) is 0 Å². The Morgan fingerprint density at radius 3 is 2.00 bits per heavy atom. The normalized spacial score (nSPS) is 11.5. The summed E-state index contributed by atoms with van der Waals surface area (Å²) in [6.07, 6.45) is 3.71. The van der Waals surface area contributed by atoms with Gasteiger partial charge in [-0.1, -0.05) is 58.7 Å². The third-order valence-corrected chi connectivity index (χ3v) is 2.58. The number of aromatic hydroxyl groups is 1. The Labute approximate surface area is 94.2 Å². The van der Waals surface area contributed by atoms with Gasteiger partial charge in [-0.2, -0.15) is 0 Å². The molecule has 0 radical (unpaired) electrons. The first-order valence-electron chi connectivity index (χ1n) is 5.95. The maximum absolute atomic E-state index is 9.41. The predicted molar refractivity (Wildman–Crippen MR) is 67.4 cm³/mol. The van der Waals surface area contributed by atoms with E-state index in [1.807, 2.05) is 18.2 Å². The highest BCUT2D eigenvalue weighted by molar-refractivity contribution is 5.34. The molecular weight excluding hydrogens is 184 g/mol. The summed E-state index contributed by atoms with van der Waals surface area (Å²) in [4.78, 5) is 0. The van der Waals surface area contributed by atoms with E-state index in [1.165, 1.54) is 12.8 Å². The standard InChI is InChI=1S/C10H14O.C4H10/c1-3-8(2)9-6-4-5-7-10(9)11;1-3-4-2/h4-8,11H,3H2,1-2H3;3-4H2,1-2H3. The number of para-hydroxylation sites is 1. The van der Waals surface area contributed by atoms with Crippen LogP contribution < -0.4 is 0 Å². The first kappa shape index (κ1) is 14.0. The molecule has 0 fully saturated rings. The average molecular weight is 208 g/mol. The predicted octanol–water partition coefficient (Wildman–Crippen LogP) is 4.71. The van der Waals surface area contributed by atoms with Crippen LogP contribution in [0.4, 0.5) is 0 Å². The monoisotopic (exact) mass is 208 g/mol. The van der Waals surface area contributed by atoms with Crippen LogP contribution in [-0.4, -0.2) is 5.11 Å². The van der Waals surface area contributed by atoms with E-state index >= 15 is 0 Å². The lowest BCUT2D eigenvalue weighted by Gasteiger charge is -2.09. The van der Waals surface area contributed by atoms with Gasteiger partial charge in [0.1, 0.15) is 5.75 Å². The average Bonchev–Trinajstić information content (AvgIpc) is 2.29. The Morgan fingerprint density at radius 1 is 1.07 bits per heavy atom. The Morgan fingerprint density at radius 2 is 1.60 bits per heavy atom. The summed E-state index contributed by atoms with van der Waals surface area (Å²) in [5.74, 6) is 0.873. The van der Waals surface area contributed by atoms with Crippen LogP contribution in [0.2, 0.25) is 0 Å². The molecule has 0 aromatic heterocycles. The van der Waals surface area contributed by atoms with Crippen LogP contribution in [0.1, 0.15) is 58.4 Å². The molecule has 0 aliphatic rings.